The fourth-order valence-electron chi connectivity index (χ4n) is 12.2. The van der Waals surface area contributed by atoms with E-state index in [9.17, 15) is 0 Å². The van der Waals surface area contributed by atoms with Gasteiger partial charge in [0.25, 0.3) is 0 Å². The van der Waals surface area contributed by atoms with Gasteiger partial charge in [0.2, 0.25) is 0 Å². The summed E-state index contributed by atoms with van der Waals surface area (Å²) in [6.07, 6.45) is 0. The standard InChI is InChI=1S/C16H23N.C14H22.3C12H19N.C8H14N2/c1-8(2)14-13(7)17-16-12(6)10(4)9(3)11(5)15(14)16;1-8(2)14-12(6)10(4)9(3)11(5)13(14)7;1-7(2)12-8(3)10(5)13-11(6)9(12)4;1-7(2)12-9(4)8(3)10(5)13-11(12)6;1-7(2)12-10(5)8(3)9(4)11(6)13-12;1-5(2)8-6(3)9-7(4)10-8/h8,17H,1-7H3;8H,1-7H3;3*7H,1-6H3;5H,1-4H3,(H,9,10). The third kappa shape index (κ3) is 16.4. The zero-order chi connectivity index (χ0) is 62.2. The summed E-state index contributed by atoms with van der Waals surface area (Å²) >= 11 is 0. The number of aromatic amines is 2. The quantitative estimate of drug-likeness (QED) is 0.174. The van der Waals surface area contributed by atoms with Crippen LogP contribution >= 0.6 is 0 Å². The van der Waals surface area contributed by atoms with E-state index < -0.39 is 0 Å². The molecule has 2 aromatic carbocycles. The molecule has 0 aliphatic heterocycles. The van der Waals surface area contributed by atoms with Crippen molar-refractivity contribution in [2.24, 2.45) is 0 Å². The van der Waals surface area contributed by atoms with E-state index in [1.807, 2.05) is 6.92 Å². The van der Waals surface area contributed by atoms with Gasteiger partial charge in [-0.15, -0.1) is 0 Å². The van der Waals surface area contributed by atoms with Crippen molar-refractivity contribution in [3.05, 3.63) is 168 Å². The first-order valence-corrected chi connectivity index (χ1v) is 30.2. The van der Waals surface area contributed by atoms with Gasteiger partial charge in [-0.1, -0.05) is 83.1 Å². The third-order valence-electron chi connectivity index (χ3n) is 18.0. The molecule has 0 unspecified atom stereocenters. The van der Waals surface area contributed by atoms with E-state index >= 15 is 0 Å². The molecule has 0 atom stereocenters. The molecule has 6 nitrogen and oxygen atoms in total. The number of hydrogen-bond acceptors (Lipinski definition) is 4. The molecule has 6 heteroatoms. The molecule has 7 rings (SSSR count). The van der Waals surface area contributed by atoms with Gasteiger partial charge in [-0.3, -0.25) is 15.0 Å². The summed E-state index contributed by atoms with van der Waals surface area (Å²) in [7, 11) is 0. The lowest BCUT2D eigenvalue weighted by molar-refractivity contribution is 0.796. The van der Waals surface area contributed by atoms with E-state index in [0.717, 1.165) is 5.82 Å². The Morgan fingerprint density at radius 1 is 0.225 bits per heavy atom. The predicted molar refractivity (Wildman–Crippen MR) is 354 cm³/mol. The monoisotopic (exact) mass is 1090 g/mol. The molecule has 0 fully saturated rings. The van der Waals surface area contributed by atoms with Crippen LogP contribution in [0.25, 0.3) is 10.9 Å². The van der Waals surface area contributed by atoms with Gasteiger partial charge in [0, 0.05) is 56.5 Å². The second-order valence-electron chi connectivity index (χ2n) is 25.6. The number of benzene rings is 2. The largest absolute Gasteiger partial charge is 0.358 e. The number of hydrogen-bond donors (Lipinski definition) is 2. The average Bonchev–Trinajstić information content (AvgIpc) is 3.91. The summed E-state index contributed by atoms with van der Waals surface area (Å²) in [6.45, 7) is 78.8. The van der Waals surface area contributed by atoms with Crippen LogP contribution in [0.5, 0.6) is 0 Å². The molecule has 0 saturated carbocycles. The van der Waals surface area contributed by atoms with Crippen molar-refractivity contribution >= 4 is 10.9 Å². The van der Waals surface area contributed by atoms with Crippen LogP contribution in [0.1, 0.15) is 287 Å². The van der Waals surface area contributed by atoms with Crippen LogP contribution in [-0.4, -0.2) is 29.9 Å². The van der Waals surface area contributed by atoms with Gasteiger partial charge in [-0.05, 0) is 313 Å². The lowest BCUT2D eigenvalue weighted by atomic mass is 9.85. The van der Waals surface area contributed by atoms with Crippen molar-refractivity contribution in [2.45, 2.75) is 285 Å². The summed E-state index contributed by atoms with van der Waals surface area (Å²) in [5.41, 5.74) is 40.8. The molecule has 5 heterocycles. The molecular weight excluding hydrogens is 973 g/mol. The van der Waals surface area contributed by atoms with Crippen LogP contribution in [0.4, 0.5) is 0 Å². The van der Waals surface area contributed by atoms with Gasteiger partial charge in [-0.25, -0.2) is 4.98 Å². The van der Waals surface area contributed by atoms with E-state index in [2.05, 4.69) is 272 Å². The van der Waals surface area contributed by atoms with E-state index in [1.165, 1.54) is 168 Å². The Kier molecular flexibility index (Phi) is 26.1. The van der Waals surface area contributed by atoms with E-state index in [4.69, 9.17) is 0 Å². The summed E-state index contributed by atoms with van der Waals surface area (Å²) < 4.78 is 0. The summed E-state index contributed by atoms with van der Waals surface area (Å²) in [5.74, 6) is 4.45. The van der Waals surface area contributed by atoms with Gasteiger partial charge in [0.15, 0.2) is 0 Å². The van der Waals surface area contributed by atoms with Crippen LogP contribution in [0, 0.1) is 166 Å². The zero-order valence-corrected chi connectivity index (χ0v) is 58.3. The minimum atomic E-state index is 0.526. The van der Waals surface area contributed by atoms with Gasteiger partial charge in [0.1, 0.15) is 5.82 Å². The van der Waals surface area contributed by atoms with Gasteiger partial charge >= 0.3 is 0 Å². The van der Waals surface area contributed by atoms with Crippen LogP contribution < -0.4 is 0 Å². The number of aryl methyl sites for hydroxylation is 10. The highest BCUT2D eigenvalue weighted by Crippen LogP contribution is 2.37. The first kappa shape index (κ1) is 70.7. The second-order valence-corrected chi connectivity index (χ2v) is 25.6. The smallest absolute Gasteiger partial charge is 0.103 e. The van der Waals surface area contributed by atoms with Gasteiger partial charge in [0.05, 0.1) is 5.69 Å². The Balaban J connectivity index is 0.000000330. The van der Waals surface area contributed by atoms with Gasteiger partial charge < -0.3 is 9.97 Å². The third-order valence-corrected chi connectivity index (χ3v) is 18.0. The maximum atomic E-state index is 4.63. The second kappa shape index (κ2) is 29.6. The van der Waals surface area contributed by atoms with E-state index in [1.54, 1.807) is 5.56 Å². The topological polar surface area (TPSA) is 83.1 Å². The Morgan fingerprint density at radius 3 is 0.938 bits per heavy atom. The maximum absolute atomic E-state index is 4.63. The van der Waals surface area contributed by atoms with Crippen LogP contribution in [0.3, 0.4) is 0 Å². The Bertz CT molecular complexity index is 3190. The van der Waals surface area contributed by atoms with Crippen molar-refractivity contribution in [2.75, 3.05) is 0 Å². The first-order valence-electron chi connectivity index (χ1n) is 30.2. The van der Waals surface area contributed by atoms with E-state index in [-0.39, 0.29) is 0 Å². The molecule has 0 amide bonds. The summed E-state index contributed by atoms with van der Waals surface area (Å²) in [5, 5.41) is 1.46. The maximum Gasteiger partial charge on any atom is 0.103 e. The molecule has 0 spiro atoms. The molecular formula is C74H116N6. The number of nitrogens with one attached hydrogen (secondary N) is 2. The number of fused-ring (bicyclic) bond motifs is 1. The molecule has 80 heavy (non-hydrogen) atoms. The molecule has 0 bridgehead atoms. The molecule has 2 N–H and O–H groups in total. The highest BCUT2D eigenvalue weighted by molar-refractivity contribution is 5.92. The number of rotatable bonds is 6. The van der Waals surface area contributed by atoms with Gasteiger partial charge in [-0.2, -0.15) is 0 Å². The number of imidazole rings is 1. The Morgan fingerprint density at radius 2 is 0.550 bits per heavy atom. The van der Waals surface area contributed by atoms with E-state index in [0.29, 0.717) is 35.5 Å². The minimum absolute atomic E-state index is 0.526. The predicted octanol–water partition coefficient (Wildman–Crippen LogP) is 21.7. The Hall–Kier alpha value is -5.36. The molecule has 0 aliphatic rings. The lowest BCUT2D eigenvalue weighted by Gasteiger charge is -2.21. The Labute approximate surface area is 491 Å². The summed E-state index contributed by atoms with van der Waals surface area (Å²) in [4.78, 5) is 24.8. The first-order chi connectivity index (χ1) is 36.7. The zero-order valence-electron chi connectivity index (χ0n) is 58.3. The average molecular weight is 1090 g/mol. The summed E-state index contributed by atoms with van der Waals surface area (Å²) in [6, 6.07) is 0. The van der Waals surface area contributed by atoms with Crippen molar-refractivity contribution in [3.63, 3.8) is 0 Å². The SMILES string of the molecule is Cc1[nH]c2c(C)c(C)c(C)c(C)c2c1C(C)C.Cc1c(C)c(C)c(C(C)C)c(C)c1C.Cc1nc(C(C)C)c(C)[nH]1.Cc1nc(C(C)C)c(C)c(C)c1C.Cc1nc(C)c(C(C)C)c(C)c1C.Cc1nc(C)c(C)c(C(C)C)c1C. The van der Waals surface area contributed by atoms with Crippen molar-refractivity contribution < 1.29 is 0 Å². The highest BCUT2D eigenvalue weighted by Gasteiger charge is 2.19. The fraction of sp³-hybridized carbons (Fsp3) is 0.568. The van der Waals surface area contributed by atoms with Crippen molar-refractivity contribution in [1.82, 2.24) is 29.9 Å². The molecule has 0 radical (unpaired) electrons. The van der Waals surface area contributed by atoms with Crippen molar-refractivity contribution in [3.8, 4) is 0 Å². The van der Waals surface area contributed by atoms with Crippen LogP contribution in [0.2, 0.25) is 0 Å². The number of nitrogens with zero attached hydrogens (tertiary/aromatic N) is 4. The molecule has 0 saturated heterocycles. The molecule has 442 valence electrons. The number of aromatic nitrogens is 6. The normalized spacial score (nSPS) is 11.2. The fourth-order valence-corrected chi connectivity index (χ4v) is 12.2. The molecule has 7 aromatic rings. The minimum Gasteiger partial charge on any atom is -0.358 e. The van der Waals surface area contributed by atoms with Crippen LogP contribution in [-0.2, 0) is 0 Å². The number of pyridine rings is 3. The molecule has 5 aromatic heterocycles. The van der Waals surface area contributed by atoms with Crippen LogP contribution in [0.15, 0.2) is 0 Å². The highest BCUT2D eigenvalue weighted by atomic mass is 14.9. The lowest BCUT2D eigenvalue weighted by Crippen LogP contribution is -2.04. The van der Waals surface area contributed by atoms with Crippen molar-refractivity contribution in [1.29, 1.82) is 0 Å². The molecule has 0 aliphatic carbocycles. The number of H-pyrrole nitrogens is 2.